The maximum Gasteiger partial charge on any atom is 0.0485 e. The fraction of sp³-hybridized carbons (Fsp3) is 1.00. The molecule has 0 aromatic heterocycles. The van der Waals surface area contributed by atoms with Gasteiger partial charge in [0, 0.05) is 13.7 Å². The lowest BCUT2D eigenvalue weighted by molar-refractivity contribution is 0.167. The van der Waals surface area contributed by atoms with Crippen molar-refractivity contribution in [2.45, 2.75) is 13.8 Å². The van der Waals surface area contributed by atoms with Crippen LogP contribution in [0.2, 0.25) is 0 Å². The predicted molar refractivity (Wildman–Crippen MR) is 38.0 cm³/mol. The molecule has 0 heterocycles. The average Bonchev–Trinajstić information content (AvgIpc) is 1.35. The van der Waals surface area contributed by atoms with Gasteiger partial charge in [0.2, 0.25) is 0 Å². The van der Waals surface area contributed by atoms with E-state index >= 15 is 0 Å². The number of methoxy groups -OCH3 is 1. The fourth-order valence-electron chi connectivity index (χ4n) is 0.333. The number of rotatable bonds is 2. The molecule has 0 unspecified atom stereocenters. The maximum absolute atomic E-state index is 4.80. The monoisotopic (exact) mass is 120 g/mol. The molecule has 1 nitrogen and oxygen atoms in total. The van der Waals surface area contributed by atoms with Gasteiger partial charge >= 0.3 is 0 Å². The van der Waals surface area contributed by atoms with E-state index in [1.807, 2.05) is 0 Å². The smallest absolute Gasteiger partial charge is 0.0485 e. The zero-order valence-electron chi connectivity index (χ0n) is 4.69. The highest BCUT2D eigenvalue weighted by molar-refractivity contribution is 5.75. The van der Waals surface area contributed by atoms with E-state index in [-0.39, 0.29) is 11.0 Å². The van der Waals surface area contributed by atoms with Crippen LogP contribution in [0, 0.1) is 5.92 Å². The third kappa shape index (κ3) is 10.7. The Labute approximate surface area is 50.1 Å². The van der Waals surface area contributed by atoms with Crippen molar-refractivity contribution in [3.8, 4) is 0 Å². The third-order valence-electron chi connectivity index (χ3n) is 0.500. The predicted octanol–water partition coefficient (Wildman–Crippen LogP) is -0.163. The van der Waals surface area contributed by atoms with Crippen molar-refractivity contribution in [3.63, 3.8) is 0 Å². The van der Waals surface area contributed by atoms with Gasteiger partial charge in [-0.2, -0.15) is 0 Å². The van der Waals surface area contributed by atoms with Crippen LogP contribution < -0.4 is 0 Å². The fourth-order valence-corrected chi connectivity index (χ4v) is 0.333. The zero-order valence-corrected chi connectivity index (χ0v) is 4.69. The van der Waals surface area contributed by atoms with E-state index < -0.39 is 0 Å². The Morgan fingerprint density at radius 3 is 1.86 bits per heavy atom. The van der Waals surface area contributed by atoms with Gasteiger partial charge in [-0.25, -0.2) is 0 Å². The van der Waals surface area contributed by atoms with Crippen molar-refractivity contribution in [1.29, 1.82) is 0 Å². The zero-order chi connectivity index (χ0) is 4.99. The molecule has 0 aliphatic rings. The second-order valence-electron chi connectivity index (χ2n) is 1.85. The van der Waals surface area contributed by atoms with E-state index in [1.165, 1.54) is 0 Å². The highest BCUT2D eigenvalue weighted by Crippen LogP contribution is 1.88. The van der Waals surface area contributed by atoms with E-state index in [0.29, 0.717) is 5.92 Å². The first-order chi connectivity index (χ1) is 2.77. The van der Waals surface area contributed by atoms with Gasteiger partial charge in [-0.15, -0.1) is 0 Å². The topological polar surface area (TPSA) is 9.23 Å². The largest absolute Gasteiger partial charge is 0.384 e. The molecule has 2 heteroatoms. The summed E-state index contributed by atoms with van der Waals surface area (Å²) in [4.78, 5) is 0. The van der Waals surface area contributed by atoms with Crippen LogP contribution in [-0.4, -0.2) is 24.7 Å². The number of hydrogen-bond donors (Lipinski definition) is 0. The number of hydrogen-bond acceptors (Lipinski definition) is 1. The Morgan fingerprint density at radius 2 is 1.86 bits per heavy atom. The molecular formula is C5H16OSi. The van der Waals surface area contributed by atoms with Crippen molar-refractivity contribution in [2.24, 2.45) is 5.92 Å². The molecule has 0 bridgehead atoms. The summed E-state index contributed by atoms with van der Waals surface area (Å²) in [6, 6.07) is 0. The standard InChI is InChI=1S/C5H12O.H4Si/c1-5(2)4-6-3;/h5H,4H2,1-3H3;1H4. The van der Waals surface area contributed by atoms with E-state index in [9.17, 15) is 0 Å². The van der Waals surface area contributed by atoms with Gasteiger partial charge in [0.05, 0.1) is 0 Å². The van der Waals surface area contributed by atoms with Crippen LogP contribution >= 0.6 is 0 Å². The Kier molecular flexibility index (Phi) is 9.02. The van der Waals surface area contributed by atoms with Crippen molar-refractivity contribution in [3.05, 3.63) is 0 Å². The van der Waals surface area contributed by atoms with E-state index in [4.69, 9.17) is 4.74 Å². The molecule has 0 N–H and O–H groups in total. The molecule has 0 radical (unpaired) electrons. The van der Waals surface area contributed by atoms with Crippen LogP contribution in [0.3, 0.4) is 0 Å². The Bertz CT molecular complexity index is 29.3. The molecule has 0 saturated carbocycles. The van der Waals surface area contributed by atoms with Crippen molar-refractivity contribution < 1.29 is 4.74 Å². The normalized spacial score (nSPS) is 8.57. The van der Waals surface area contributed by atoms with Gasteiger partial charge < -0.3 is 4.74 Å². The Hall–Kier alpha value is 0.177. The van der Waals surface area contributed by atoms with Crippen molar-refractivity contribution in [2.75, 3.05) is 13.7 Å². The van der Waals surface area contributed by atoms with Crippen molar-refractivity contribution >= 4 is 11.0 Å². The van der Waals surface area contributed by atoms with Gasteiger partial charge in [-0.05, 0) is 16.9 Å². The molecule has 0 spiro atoms. The highest BCUT2D eigenvalue weighted by Gasteiger charge is 1.85. The minimum Gasteiger partial charge on any atom is -0.384 e. The number of ether oxygens (including phenoxy) is 1. The molecule has 0 amide bonds. The lowest BCUT2D eigenvalue weighted by atomic mass is 10.2. The average molecular weight is 120 g/mol. The summed E-state index contributed by atoms with van der Waals surface area (Å²) in [5.74, 6) is 0.676. The quantitative estimate of drug-likeness (QED) is 0.460. The summed E-state index contributed by atoms with van der Waals surface area (Å²) >= 11 is 0. The summed E-state index contributed by atoms with van der Waals surface area (Å²) < 4.78 is 4.80. The van der Waals surface area contributed by atoms with Crippen LogP contribution in [0.4, 0.5) is 0 Å². The van der Waals surface area contributed by atoms with Crippen LogP contribution in [0.5, 0.6) is 0 Å². The molecule has 0 atom stereocenters. The summed E-state index contributed by atoms with van der Waals surface area (Å²) in [5.41, 5.74) is 0. The molecular weight excluding hydrogens is 104 g/mol. The second-order valence-corrected chi connectivity index (χ2v) is 1.85. The van der Waals surface area contributed by atoms with Crippen LogP contribution in [0.25, 0.3) is 0 Å². The van der Waals surface area contributed by atoms with Crippen molar-refractivity contribution in [1.82, 2.24) is 0 Å². The summed E-state index contributed by atoms with van der Waals surface area (Å²) in [6.07, 6.45) is 0. The summed E-state index contributed by atoms with van der Waals surface area (Å²) in [6.45, 7) is 5.13. The minimum atomic E-state index is 0. The SMILES string of the molecule is COCC(C)C.[SiH4]. The molecule has 0 rings (SSSR count). The Balaban J connectivity index is 0. The lowest BCUT2D eigenvalue weighted by Crippen LogP contribution is -1.96. The van der Waals surface area contributed by atoms with Gasteiger partial charge in [0.25, 0.3) is 0 Å². The van der Waals surface area contributed by atoms with E-state index in [1.54, 1.807) is 7.11 Å². The van der Waals surface area contributed by atoms with E-state index in [2.05, 4.69) is 13.8 Å². The molecule has 0 aliphatic heterocycles. The maximum atomic E-state index is 4.80. The molecule has 0 saturated heterocycles. The van der Waals surface area contributed by atoms with Gasteiger partial charge in [0.15, 0.2) is 0 Å². The molecule has 46 valence electrons. The molecule has 0 fully saturated rings. The summed E-state index contributed by atoms with van der Waals surface area (Å²) in [5, 5.41) is 0. The first-order valence-electron chi connectivity index (χ1n) is 2.26. The highest BCUT2D eigenvalue weighted by atomic mass is 28.1. The van der Waals surface area contributed by atoms with Crippen LogP contribution in [0.15, 0.2) is 0 Å². The Morgan fingerprint density at radius 1 is 1.43 bits per heavy atom. The molecule has 0 aliphatic carbocycles. The van der Waals surface area contributed by atoms with Gasteiger partial charge in [0.1, 0.15) is 0 Å². The lowest BCUT2D eigenvalue weighted by Gasteiger charge is -1.97. The van der Waals surface area contributed by atoms with E-state index in [0.717, 1.165) is 6.61 Å². The van der Waals surface area contributed by atoms with Crippen LogP contribution in [0.1, 0.15) is 13.8 Å². The molecule has 7 heavy (non-hydrogen) atoms. The second kappa shape index (κ2) is 6.18. The van der Waals surface area contributed by atoms with Crippen LogP contribution in [-0.2, 0) is 4.74 Å². The first kappa shape index (κ1) is 10.2. The van der Waals surface area contributed by atoms with Gasteiger partial charge in [-0.3, -0.25) is 0 Å². The first-order valence-corrected chi connectivity index (χ1v) is 2.26. The third-order valence-corrected chi connectivity index (χ3v) is 0.500. The summed E-state index contributed by atoms with van der Waals surface area (Å²) in [7, 11) is 1.72. The minimum absolute atomic E-state index is 0. The molecule has 0 aromatic rings. The van der Waals surface area contributed by atoms with Gasteiger partial charge in [-0.1, -0.05) is 13.8 Å². The molecule has 0 aromatic carbocycles.